The van der Waals surface area contributed by atoms with E-state index in [0.29, 0.717) is 17.9 Å². The number of hydrogen-bond donors (Lipinski definition) is 1. The molecule has 1 aliphatic heterocycles. The summed E-state index contributed by atoms with van der Waals surface area (Å²) in [5, 5.41) is 9.84. The van der Waals surface area contributed by atoms with Gasteiger partial charge in [-0.2, -0.15) is 0 Å². The van der Waals surface area contributed by atoms with Gasteiger partial charge in [-0.05, 0) is 43.9 Å². The molecule has 0 aromatic heterocycles. The van der Waals surface area contributed by atoms with Gasteiger partial charge in [-0.1, -0.05) is 19.1 Å². The molecule has 1 heterocycles. The quantitative estimate of drug-likeness (QED) is 0.910. The monoisotopic (exact) mass is 263 g/mol. The Balaban J connectivity index is 2.14. The molecular weight excluding hydrogens is 238 g/mol. The van der Waals surface area contributed by atoms with Gasteiger partial charge in [0.25, 0.3) is 0 Å². The molecule has 2 unspecified atom stereocenters. The van der Waals surface area contributed by atoms with Crippen LogP contribution in [0.15, 0.2) is 12.1 Å². The van der Waals surface area contributed by atoms with Crippen molar-refractivity contribution in [2.24, 2.45) is 0 Å². The highest BCUT2D eigenvalue weighted by Gasteiger charge is 2.25. The second-order valence-corrected chi connectivity index (χ2v) is 5.71. The largest absolute Gasteiger partial charge is 0.507 e. The van der Waals surface area contributed by atoms with Crippen LogP contribution in [0.2, 0.25) is 0 Å². The van der Waals surface area contributed by atoms with Gasteiger partial charge in [0.2, 0.25) is 0 Å². The molecule has 19 heavy (non-hydrogen) atoms. The average molecular weight is 263 g/mol. The van der Waals surface area contributed by atoms with E-state index in [1.165, 1.54) is 5.56 Å². The molecule has 106 valence electrons. The average Bonchev–Trinajstić information content (AvgIpc) is 2.36. The standard InChI is InChI=1S/C16H25NO2/c1-5-15-10-19-13(4)8-17(15)9-14-6-11(2)16(18)12(3)7-14/h6-7,13,15,18H,5,8-10H2,1-4H3. The van der Waals surface area contributed by atoms with Crippen LogP contribution < -0.4 is 0 Å². The maximum absolute atomic E-state index is 9.84. The third-order valence-electron chi connectivity index (χ3n) is 3.99. The molecule has 0 spiro atoms. The number of rotatable bonds is 3. The maximum Gasteiger partial charge on any atom is 0.121 e. The number of ether oxygens (including phenoxy) is 1. The normalized spacial score (nSPS) is 24.6. The van der Waals surface area contributed by atoms with Gasteiger partial charge in [0.1, 0.15) is 5.75 Å². The van der Waals surface area contributed by atoms with Crippen LogP contribution in [-0.2, 0) is 11.3 Å². The lowest BCUT2D eigenvalue weighted by Gasteiger charge is -2.38. The molecule has 1 aromatic carbocycles. The molecule has 0 amide bonds. The summed E-state index contributed by atoms with van der Waals surface area (Å²) in [6.45, 7) is 11.0. The summed E-state index contributed by atoms with van der Waals surface area (Å²) >= 11 is 0. The van der Waals surface area contributed by atoms with Crippen molar-refractivity contribution in [3.05, 3.63) is 28.8 Å². The lowest BCUT2D eigenvalue weighted by Crippen LogP contribution is -2.47. The van der Waals surface area contributed by atoms with Crippen molar-refractivity contribution in [1.82, 2.24) is 4.90 Å². The number of nitrogens with zero attached hydrogens (tertiary/aromatic N) is 1. The molecule has 0 aliphatic carbocycles. The molecule has 2 rings (SSSR count). The molecule has 1 aliphatic rings. The van der Waals surface area contributed by atoms with Gasteiger partial charge in [0.15, 0.2) is 0 Å². The van der Waals surface area contributed by atoms with E-state index in [4.69, 9.17) is 4.74 Å². The van der Waals surface area contributed by atoms with E-state index in [1.54, 1.807) is 0 Å². The summed E-state index contributed by atoms with van der Waals surface area (Å²) < 4.78 is 5.73. The molecule has 1 fully saturated rings. The van der Waals surface area contributed by atoms with Crippen molar-refractivity contribution in [2.75, 3.05) is 13.2 Å². The van der Waals surface area contributed by atoms with Crippen molar-refractivity contribution in [3.63, 3.8) is 0 Å². The van der Waals surface area contributed by atoms with Crippen LogP contribution >= 0.6 is 0 Å². The van der Waals surface area contributed by atoms with Gasteiger partial charge < -0.3 is 9.84 Å². The number of phenolic OH excluding ortho intramolecular Hbond substituents is 1. The van der Waals surface area contributed by atoms with Crippen LogP contribution in [0, 0.1) is 13.8 Å². The highest BCUT2D eigenvalue weighted by Crippen LogP contribution is 2.25. The van der Waals surface area contributed by atoms with Crippen molar-refractivity contribution >= 4 is 0 Å². The summed E-state index contributed by atoms with van der Waals surface area (Å²) in [6, 6.07) is 4.69. The Bertz CT molecular complexity index is 421. The van der Waals surface area contributed by atoms with Crippen molar-refractivity contribution in [2.45, 2.75) is 52.8 Å². The molecule has 0 saturated carbocycles. The Labute approximate surface area is 116 Å². The third-order valence-corrected chi connectivity index (χ3v) is 3.99. The molecule has 3 heteroatoms. The Kier molecular flexibility index (Phi) is 4.48. The lowest BCUT2D eigenvalue weighted by atomic mass is 10.0. The summed E-state index contributed by atoms with van der Waals surface area (Å²) in [5.41, 5.74) is 3.20. The van der Waals surface area contributed by atoms with Gasteiger partial charge in [0, 0.05) is 19.1 Å². The predicted molar refractivity (Wildman–Crippen MR) is 77.5 cm³/mol. The van der Waals surface area contributed by atoms with E-state index < -0.39 is 0 Å². The first-order valence-corrected chi connectivity index (χ1v) is 7.16. The third kappa shape index (κ3) is 3.28. The summed E-state index contributed by atoms with van der Waals surface area (Å²) in [4.78, 5) is 2.50. The highest BCUT2D eigenvalue weighted by atomic mass is 16.5. The SMILES string of the molecule is CCC1COC(C)CN1Cc1cc(C)c(O)c(C)c1. The molecule has 0 bridgehead atoms. The van der Waals surface area contributed by atoms with Crippen LogP contribution in [-0.4, -0.2) is 35.3 Å². The predicted octanol–water partition coefficient (Wildman–Crippen LogP) is 3.01. The van der Waals surface area contributed by atoms with E-state index in [-0.39, 0.29) is 0 Å². The second kappa shape index (κ2) is 5.93. The highest BCUT2D eigenvalue weighted by molar-refractivity contribution is 5.42. The van der Waals surface area contributed by atoms with Crippen molar-refractivity contribution in [3.8, 4) is 5.75 Å². The van der Waals surface area contributed by atoms with Gasteiger partial charge in [0.05, 0.1) is 12.7 Å². The number of morpholine rings is 1. The fourth-order valence-electron chi connectivity index (χ4n) is 2.85. The van der Waals surface area contributed by atoms with Gasteiger partial charge in [-0.15, -0.1) is 0 Å². The molecule has 3 nitrogen and oxygen atoms in total. The number of aromatic hydroxyl groups is 1. The van der Waals surface area contributed by atoms with E-state index in [0.717, 1.165) is 37.2 Å². The maximum atomic E-state index is 9.84. The number of hydrogen-bond acceptors (Lipinski definition) is 3. The minimum atomic E-state index is 0.308. The minimum absolute atomic E-state index is 0.308. The Morgan fingerprint density at radius 1 is 1.32 bits per heavy atom. The minimum Gasteiger partial charge on any atom is -0.507 e. The molecule has 1 saturated heterocycles. The van der Waals surface area contributed by atoms with E-state index in [1.807, 2.05) is 13.8 Å². The lowest BCUT2D eigenvalue weighted by molar-refractivity contribution is -0.0592. The summed E-state index contributed by atoms with van der Waals surface area (Å²) in [5.74, 6) is 0.422. The molecular formula is C16H25NO2. The fourth-order valence-corrected chi connectivity index (χ4v) is 2.85. The number of aryl methyl sites for hydroxylation is 2. The van der Waals surface area contributed by atoms with Crippen molar-refractivity contribution < 1.29 is 9.84 Å². The van der Waals surface area contributed by atoms with Crippen LogP contribution in [0.3, 0.4) is 0 Å². The van der Waals surface area contributed by atoms with Crippen molar-refractivity contribution in [1.29, 1.82) is 0 Å². The number of benzene rings is 1. The summed E-state index contributed by atoms with van der Waals surface area (Å²) in [7, 11) is 0. The van der Waals surface area contributed by atoms with E-state index in [2.05, 4.69) is 30.9 Å². The first-order valence-electron chi connectivity index (χ1n) is 7.16. The van der Waals surface area contributed by atoms with Gasteiger partial charge in [-0.3, -0.25) is 4.90 Å². The molecule has 1 N–H and O–H groups in total. The first kappa shape index (κ1) is 14.4. The van der Waals surface area contributed by atoms with Crippen LogP contribution in [0.4, 0.5) is 0 Å². The Morgan fingerprint density at radius 3 is 2.53 bits per heavy atom. The van der Waals surface area contributed by atoms with Gasteiger partial charge in [-0.25, -0.2) is 0 Å². The molecule has 2 atom stereocenters. The van der Waals surface area contributed by atoms with Gasteiger partial charge >= 0.3 is 0 Å². The van der Waals surface area contributed by atoms with E-state index in [9.17, 15) is 5.11 Å². The van der Waals surface area contributed by atoms with E-state index >= 15 is 0 Å². The zero-order chi connectivity index (χ0) is 14.0. The van der Waals surface area contributed by atoms with Crippen LogP contribution in [0.5, 0.6) is 5.75 Å². The first-order chi connectivity index (χ1) is 9.01. The zero-order valence-corrected chi connectivity index (χ0v) is 12.4. The second-order valence-electron chi connectivity index (χ2n) is 5.71. The topological polar surface area (TPSA) is 32.7 Å². The Morgan fingerprint density at radius 2 is 1.95 bits per heavy atom. The summed E-state index contributed by atoms with van der Waals surface area (Å²) in [6.07, 6.45) is 1.42. The molecule has 0 radical (unpaired) electrons. The van der Waals surface area contributed by atoms with Crippen LogP contribution in [0.25, 0.3) is 0 Å². The number of phenols is 1. The van der Waals surface area contributed by atoms with Crippen LogP contribution in [0.1, 0.15) is 37.0 Å². The zero-order valence-electron chi connectivity index (χ0n) is 12.4. The molecule has 1 aromatic rings. The fraction of sp³-hybridized carbons (Fsp3) is 0.625. The smallest absolute Gasteiger partial charge is 0.121 e. The Hall–Kier alpha value is -1.06.